The number of hydrogen-bond donors (Lipinski definition) is 0. The summed E-state index contributed by atoms with van der Waals surface area (Å²) in [5, 5.41) is 0. The van der Waals surface area contributed by atoms with Gasteiger partial charge in [0.2, 0.25) is 0 Å². The zero-order chi connectivity index (χ0) is 22.1. The average molecular weight is 424 g/mol. The number of ether oxygens (including phenoxy) is 4. The third kappa shape index (κ3) is 10.3. The molecule has 0 N–H and O–H groups in total. The molecule has 1 aromatic carbocycles. The summed E-state index contributed by atoms with van der Waals surface area (Å²) in [5.74, 6) is 1.90. The monoisotopic (exact) mass is 423 g/mol. The fraction of sp³-hybridized carbons (Fsp3) is 0.591. The molecule has 1 amide bonds. The molecule has 7 heteroatoms. The minimum absolute atomic E-state index is 0.342. The van der Waals surface area contributed by atoms with E-state index in [4.69, 9.17) is 18.9 Å². The SMILES string of the molecule is COc1ccc(OCCN(C/C=C\C[Si](C)(C)C)C(=O)OC(C)(C)C)cc1OC. The van der Waals surface area contributed by atoms with E-state index in [2.05, 4.69) is 25.7 Å². The lowest BCUT2D eigenvalue weighted by Crippen LogP contribution is -2.39. The number of hydrogen-bond acceptors (Lipinski definition) is 5. The van der Waals surface area contributed by atoms with E-state index < -0.39 is 13.7 Å². The van der Waals surface area contributed by atoms with E-state index in [9.17, 15) is 4.79 Å². The standard InChI is InChI=1S/C22H37NO5Si/c1-22(2,3)28-21(24)23(13-9-10-16-29(6,7)8)14-15-27-18-11-12-19(25-4)20(17-18)26-5/h9-12,17H,13-16H2,1-8H3/b10-9-. The van der Waals surface area contributed by atoms with Crippen LogP contribution in [0.15, 0.2) is 30.4 Å². The van der Waals surface area contributed by atoms with Gasteiger partial charge in [-0.25, -0.2) is 4.79 Å². The molecular formula is C22H37NO5Si. The van der Waals surface area contributed by atoms with Crippen LogP contribution in [0.1, 0.15) is 20.8 Å². The first-order valence-electron chi connectivity index (χ1n) is 9.93. The van der Waals surface area contributed by atoms with Crippen LogP contribution in [0.4, 0.5) is 4.79 Å². The van der Waals surface area contributed by atoms with Crippen LogP contribution in [-0.4, -0.2) is 58.6 Å². The van der Waals surface area contributed by atoms with Crippen LogP contribution in [-0.2, 0) is 4.74 Å². The summed E-state index contributed by atoms with van der Waals surface area (Å²) in [5.41, 5.74) is -0.540. The van der Waals surface area contributed by atoms with E-state index in [0.717, 1.165) is 6.04 Å². The van der Waals surface area contributed by atoms with Crippen molar-refractivity contribution < 1.29 is 23.7 Å². The molecule has 1 rings (SSSR count). The van der Waals surface area contributed by atoms with Crippen molar-refractivity contribution in [2.45, 2.75) is 52.1 Å². The van der Waals surface area contributed by atoms with Gasteiger partial charge in [0.15, 0.2) is 11.5 Å². The van der Waals surface area contributed by atoms with Crippen molar-refractivity contribution in [2.75, 3.05) is 33.9 Å². The van der Waals surface area contributed by atoms with Gasteiger partial charge in [0.1, 0.15) is 18.0 Å². The first-order valence-corrected chi connectivity index (χ1v) is 13.6. The number of allylic oxidation sites excluding steroid dienone is 1. The Bertz CT molecular complexity index is 677. The lowest BCUT2D eigenvalue weighted by atomic mass is 10.2. The van der Waals surface area contributed by atoms with E-state index in [1.165, 1.54) is 0 Å². The molecule has 0 aromatic heterocycles. The number of carbonyl (C=O) groups excluding carboxylic acids is 1. The summed E-state index contributed by atoms with van der Waals surface area (Å²) >= 11 is 0. The van der Waals surface area contributed by atoms with Crippen LogP contribution < -0.4 is 14.2 Å². The van der Waals surface area contributed by atoms with Crippen LogP contribution in [0, 0.1) is 0 Å². The van der Waals surface area contributed by atoms with Crippen LogP contribution in [0.5, 0.6) is 17.2 Å². The summed E-state index contributed by atoms with van der Waals surface area (Å²) in [6, 6.07) is 6.45. The van der Waals surface area contributed by atoms with Crippen molar-refractivity contribution in [3.8, 4) is 17.2 Å². The minimum atomic E-state index is -1.15. The summed E-state index contributed by atoms with van der Waals surface area (Å²) in [4.78, 5) is 14.2. The molecule has 0 atom stereocenters. The molecule has 0 spiro atoms. The van der Waals surface area contributed by atoms with E-state index >= 15 is 0 Å². The second kappa shape index (κ2) is 11.1. The van der Waals surface area contributed by atoms with Gasteiger partial charge in [-0.2, -0.15) is 0 Å². The molecule has 6 nitrogen and oxygen atoms in total. The second-order valence-corrected chi connectivity index (χ2v) is 14.6. The normalized spacial score (nSPS) is 12.0. The number of methoxy groups -OCH3 is 2. The van der Waals surface area contributed by atoms with Crippen molar-refractivity contribution >= 4 is 14.2 Å². The van der Waals surface area contributed by atoms with Crippen molar-refractivity contribution in [1.29, 1.82) is 0 Å². The van der Waals surface area contributed by atoms with Crippen molar-refractivity contribution in [2.24, 2.45) is 0 Å². The molecule has 0 saturated carbocycles. The average Bonchev–Trinajstić information content (AvgIpc) is 2.61. The quantitative estimate of drug-likeness (QED) is 0.382. The number of nitrogens with zero attached hydrogens (tertiary/aromatic N) is 1. The highest BCUT2D eigenvalue weighted by molar-refractivity contribution is 6.76. The molecule has 0 saturated heterocycles. The lowest BCUT2D eigenvalue weighted by molar-refractivity contribution is 0.0249. The molecule has 0 radical (unpaired) electrons. The van der Waals surface area contributed by atoms with Crippen LogP contribution in [0.3, 0.4) is 0 Å². The molecule has 1 aromatic rings. The molecular weight excluding hydrogens is 386 g/mol. The Morgan fingerprint density at radius 1 is 1.07 bits per heavy atom. The molecule has 0 aliphatic carbocycles. The number of benzene rings is 1. The smallest absolute Gasteiger partial charge is 0.410 e. The lowest BCUT2D eigenvalue weighted by Gasteiger charge is -2.26. The van der Waals surface area contributed by atoms with Gasteiger partial charge < -0.3 is 23.8 Å². The Morgan fingerprint density at radius 2 is 1.72 bits per heavy atom. The van der Waals surface area contributed by atoms with Gasteiger partial charge in [-0.3, -0.25) is 0 Å². The highest BCUT2D eigenvalue weighted by atomic mass is 28.3. The van der Waals surface area contributed by atoms with Gasteiger partial charge in [-0.1, -0.05) is 31.8 Å². The predicted molar refractivity (Wildman–Crippen MR) is 120 cm³/mol. The van der Waals surface area contributed by atoms with Gasteiger partial charge in [0.25, 0.3) is 0 Å². The third-order valence-corrected chi connectivity index (χ3v) is 5.32. The van der Waals surface area contributed by atoms with E-state index in [-0.39, 0.29) is 6.09 Å². The largest absolute Gasteiger partial charge is 0.493 e. The second-order valence-electron chi connectivity index (χ2n) is 9.03. The Hall–Kier alpha value is -2.15. The summed E-state index contributed by atoms with van der Waals surface area (Å²) < 4.78 is 21.9. The zero-order valence-electron chi connectivity index (χ0n) is 19.2. The van der Waals surface area contributed by atoms with Crippen molar-refractivity contribution in [1.82, 2.24) is 4.90 Å². The molecule has 29 heavy (non-hydrogen) atoms. The van der Waals surface area contributed by atoms with Gasteiger partial charge in [-0.15, -0.1) is 0 Å². The van der Waals surface area contributed by atoms with Crippen LogP contribution >= 0.6 is 0 Å². The maximum atomic E-state index is 12.6. The highest BCUT2D eigenvalue weighted by Gasteiger charge is 2.21. The first-order chi connectivity index (χ1) is 13.4. The summed E-state index contributed by atoms with van der Waals surface area (Å²) in [7, 11) is 2.02. The zero-order valence-corrected chi connectivity index (χ0v) is 20.2. The molecule has 164 valence electrons. The van der Waals surface area contributed by atoms with Crippen molar-refractivity contribution in [3.63, 3.8) is 0 Å². The maximum absolute atomic E-state index is 12.6. The maximum Gasteiger partial charge on any atom is 0.410 e. The Kier molecular flexibility index (Phi) is 9.56. The van der Waals surface area contributed by atoms with Gasteiger partial charge in [-0.05, 0) is 38.9 Å². The van der Waals surface area contributed by atoms with Gasteiger partial charge in [0.05, 0.1) is 20.8 Å². The Labute approximate surface area is 176 Å². The molecule has 0 unspecified atom stereocenters. The van der Waals surface area contributed by atoms with Crippen molar-refractivity contribution in [3.05, 3.63) is 30.4 Å². The fourth-order valence-corrected chi connectivity index (χ4v) is 3.28. The molecule has 0 bridgehead atoms. The fourth-order valence-electron chi connectivity index (χ4n) is 2.40. The number of amides is 1. The van der Waals surface area contributed by atoms with E-state index in [1.54, 1.807) is 31.3 Å². The molecule has 0 fully saturated rings. The van der Waals surface area contributed by atoms with E-state index in [0.29, 0.717) is 36.9 Å². The van der Waals surface area contributed by atoms with Gasteiger partial charge in [0, 0.05) is 20.7 Å². The number of rotatable bonds is 10. The molecule has 0 heterocycles. The van der Waals surface area contributed by atoms with Gasteiger partial charge >= 0.3 is 6.09 Å². The predicted octanol–water partition coefficient (Wildman–Crippen LogP) is 5.21. The number of carbonyl (C=O) groups is 1. The topological polar surface area (TPSA) is 57.2 Å². The first kappa shape index (κ1) is 24.9. The van der Waals surface area contributed by atoms with Crippen LogP contribution in [0.25, 0.3) is 0 Å². The molecule has 0 aliphatic rings. The summed E-state index contributed by atoms with van der Waals surface area (Å²) in [6.07, 6.45) is 3.86. The Balaban J connectivity index is 2.72. The minimum Gasteiger partial charge on any atom is -0.493 e. The third-order valence-electron chi connectivity index (χ3n) is 3.86. The van der Waals surface area contributed by atoms with E-state index in [1.807, 2.05) is 32.9 Å². The summed E-state index contributed by atoms with van der Waals surface area (Å²) in [6.45, 7) is 13.8. The molecule has 0 aliphatic heterocycles. The highest BCUT2D eigenvalue weighted by Crippen LogP contribution is 2.30. The Morgan fingerprint density at radius 3 is 2.28 bits per heavy atom. The van der Waals surface area contributed by atoms with Crippen LogP contribution in [0.2, 0.25) is 25.7 Å².